The van der Waals surface area contributed by atoms with Crippen LogP contribution in [-0.2, 0) is 9.53 Å². The zero-order chi connectivity index (χ0) is 12.8. The molecule has 0 aromatic heterocycles. The molecule has 0 bridgehead atoms. The zero-order valence-corrected chi connectivity index (χ0v) is 11.3. The van der Waals surface area contributed by atoms with Crippen LogP contribution in [0.2, 0.25) is 0 Å². The molecule has 2 aliphatic heterocycles. The van der Waals surface area contributed by atoms with Crippen LogP contribution in [0.25, 0.3) is 0 Å². The van der Waals surface area contributed by atoms with Crippen molar-refractivity contribution in [1.29, 1.82) is 0 Å². The van der Waals surface area contributed by atoms with Gasteiger partial charge < -0.3 is 15.4 Å². The molecule has 104 valence electrons. The lowest BCUT2D eigenvalue weighted by atomic mass is 10.2. The Bertz CT molecular complexity index is 261. The second-order valence-corrected chi connectivity index (χ2v) is 5.33. The van der Waals surface area contributed by atoms with E-state index in [-0.39, 0.29) is 11.9 Å². The van der Waals surface area contributed by atoms with E-state index in [2.05, 4.69) is 22.5 Å². The molecular formula is C13H25N3O2. The van der Waals surface area contributed by atoms with Crippen LogP contribution in [0, 0.1) is 0 Å². The number of rotatable bonds is 5. The van der Waals surface area contributed by atoms with Crippen molar-refractivity contribution in [1.82, 2.24) is 15.5 Å². The van der Waals surface area contributed by atoms with Crippen molar-refractivity contribution in [3.8, 4) is 0 Å². The van der Waals surface area contributed by atoms with Gasteiger partial charge in [0.1, 0.15) is 0 Å². The maximum atomic E-state index is 11.8. The Labute approximate surface area is 109 Å². The summed E-state index contributed by atoms with van der Waals surface area (Å²) in [6.07, 6.45) is 3.11. The highest BCUT2D eigenvalue weighted by Crippen LogP contribution is 2.10. The second-order valence-electron chi connectivity index (χ2n) is 5.33. The highest BCUT2D eigenvalue weighted by molar-refractivity contribution is 5.76. The first-order valence-corrected chi connectivity index (χ1v) is 7.07. The van der Waals surface area contributed by atoms with E-state index in [4.69, 9.17) is 4.74 Å². The first-order valence-electron chi connectivity index (χ1n) is 7.07. The Morgan fingerprint density at radius 2 is 2.28 bits per heavy atom. The number of carbonyl (C=O) groups is 1. The molecule has 1 amide bonds. The zero-order valence-electron chi connectivity index (χ0n) is 11.3. The molecule has 2 fully saturated rings. The molecule has 2 aliphatic rings. The maximum Gasteiger partial charge on any atom is 0.221 e. The molecule has 18 heavy (non-hydrogen) atoms. The van der Waals surface area contributed by atoms with Gasteiger partial charge in [-0.1, -0.05) is 0 Å². The monoisotopic (exact) mass is 255 g/mol. The van der Waals surface area contributed by atoms with E-state index in [0.717, 1.165) is 19.7 Å². The summed E-state index contributed by atoms with van der Waals surface area (Å²) in [5, 5.41) is 6.33. The van der Waals surface area contributed by atoms with Crippen molar-refractivity contribution in [3.63, 3.8) is 0 Å². The number of nitrogens with one attached hydrogen (secondary N) is 2. The Hall–Kier alpha value is -0.650. The first kappa shape index (κ1) is 13.8. The van der Waals surface area contributed by atoms with E-state index >= 15 is 0 Å². The maximum absolute atomic E-state index is 11.8. The van der Waals surface area contributed by atoms with Crippen LogP contribution in [0.5, 0.6) is 0 Å². The van der Waals surface area contributed by atoms with Crippen molar-refractivity contribution in [2.24, 2.45) is 0 Å². The summed E-state index contributed by atoms with van der Waals surface area (Å²) >= 11 is 0. The molecule has 2 saturated heterocycles. The molecule has 2 N–H and O–H groups in total. The quantitative estimate of drug-likeness (QED) is 0.724. The number of hydrogen-bond donors (Lipinski definition) is 2. The number of ether oxygens (including phenoxy) is 1. The van der Waals surface area contributed by atoms with E-state index < -0.39 is 0 Å². The van der Waals surface area contributed by atoms with Gasteiger partial charge >= 0.3 is 0 Å². The third-order valence-corrected chi connectivity index (χ3v) is 3.79. The second kappa shape index (κ2) is 7.07. The van der Waals surface area contributed by atoms with Gasteiger partial charge in [0.2, 0.25) is 5.91 Å². The molecule has 2 unspecified atom stereocenters. The lowest BCUT2D eigenvalue weighted by Gasteiger charge is -2.25. The summed E-state index contributed by atoms with van der Waals surface area (Å²) in [5.41, 5.74) is 0. The van der Waals surface area contributed by atoms with Gasteiger partial charge in [0.25, 0.3) is 0 Å². The molecule has 0 spiro atoms. The Morgan fingerprint density at radius 1 is 1.50 bits per heavy atom. The number of morpholine rings is 1. The highest BCUT2D eigenvalue weighted by atomic mass is 16.5. The summed E-state index contributed by atoms with van der Waals surface area (Å²) in [6, 6.07) is 0.632. The van der Waals surface area contributed by atoms with Crippen LogP contribution in [-0.4, -0.2) is 62.3 Å². The van der Waals surface area contributed by atoms with Crippen molar-refractivity contribution < 1.29 is 9.53 Å². The van der Waals surface area contributed by atoms with Crippen LogP contribution in [0.3, 0.4) is 0 Å². The van der Waals surface area contributed by atoms with Crippen LogP contribution < -0.4 is 10.6 Å². The topological polar surface area (TPSA) is 53.6 Å². The molecule has 2 atom stereocenters. The smallest absolute Gasteiger partial charge is 0.221 e. The van der Waals surface area contributed by atoms with Crippen molar-refractivity contribution in [3.05, 3.63) is 0 Å². The van der Waals surface area contributed by atoms with Crippen LogP contribution in [0.4, 0.5) is 0 Å². The lowest BCUT2D eigenvalue weighted by molar-refractivity contribution is -0.122. The molecule has 0 aliphatic carbocycles. The van der Waals surface area contributed by atoms with E-state index in [0.29, 0.717) is 19.1 Å². The van der Waals surface area contributed by atoms with Gasteiger partial charge in [-0.3, -0.25) is 9.69 Å². The largest absolute Gasteiger partial charge is 0.378 e. The number of hydrogen-bond acceptors (Lipinski definition) is 4. The summed E-state index contributed by atoms with van der Waals surface area (Å²) in [6.45, 7) is 7.55. The van der Waals surface area contributed by atoms with Crippen molar-refractivity contribution in [2.75, 3.05) is 39.4 Å². The third kappa shape index (κ3) is 4.23. The fraction of sp³-hybridized carbons (Fsp3) is 0.923. The SMILES string of the molecule is CC(CNC(=O)CC1COCCN1)N1CCCC1. The third-order valence-electron chi connectivity index (χ3n) is 3.79. The van der Waals surface area contributed by atoms with Crippen molar-refractivity contribution >= 4 is 5.91 Å². The normalized spacial score (nSPS) is 27.1. The lowest BCUT2D eigenvalue weighted by Crippen LogP contribution is -2.46. The number of amides is 1. The molecule has 0 aromatic rings. The van der Waals surface area contributed by atoms with E-state index in [9.17, 15) is 4.79 Å². The van der Waals surface area contributed by atoms with Gasteiger partial charge in [0, 0.05) is 31.6 Å². The van der Waals surface area contributed by atoms with Crippen molar-refractivity contribution in [2.45, 2.75) is 38.3 Å². The van der Waals surface area contributed by atoms with Crippen LogP contribution in [0.15, 0.2) is 0 Å². The number of carbonyl (C=O) groups excluding carboxylic acids is 1. The molecule has 5 heteroatoms. The molecule has 2 rings (SSSR count). The standard InChI is InChI=1S/C13H25N3O2/c1-11(16-5-2-3-6-16)9-15-13(17)8-12-10-18-7-4-14-12/h11-12,14H,2-10H2,1H3,(H,15,17). The predicted molar refractivity (Wildman–Crippen MR) is 70.5 cm³/mol. The summed E-state index contributed by atoms with van der Waals surface area (Å²) in [4.78, 5) is 14.3. The molecular weight excluding hydrogens is 230 g/mol. The van der Waals surface area contributed by atoms with Gasteiger partial charge in [0.15, 0.2) is 0 Å². The molecule has 0 saturated carbocycles. The van der Waals surface area contributed by atoms with Crippen LogP contribution >= 0.6 is 0 Å². The minimum Gasteiger partial charge on any atom is -0.378 e. The molecule has 0 radical (unpaired) electrons. The van der Waals surface area contributed by atoms with Gasteiger partial charge in [-0.15, -0.1) is 0 Å². The highest BCUT2D eigenvalue weighted by Gasteiger charge is 2.20. The number of likely N-dealkylation sites (tertiary alicyclic amines) is 1. The first-order chi connectivity index (χ1) is 8.75. The molecule has 2 heterocycles. The summed E-state index contributed by atoms with van der Waals surface area (Å²) in [7, 11) is 0. The molecule has 0 aromatic carbocycles. The summed E-state index contributed by atoms with van der Waals surface area (Å²) < 4.78 is 5.34. The minimum absolute atomic E-state index is 0.129. The average molecular weight is 255 g/mol. The number of nitrogens with zero attached hydrogens (tertiary/aromatic N) is 1. The fourth-order valence-corrected chi connectivity index (χ4v) is 2.62. The molecule has 5 nitrogen and oxygen atoms in total. The minimum atomic E-state index is 0.129. The Morgan fingerprint density at radius 3 is 2.94 bits per heavy atom. The average Bonchev–Trinajstić information content (AvgIpc) is 2.91. The van der Waals surface area contributed by atoms with Gasteiger partial charge in [-0.05, 0) is 32.9 Å². The summed E-state index contributed by atoms with van der Waals surface area (Å²) in [5.74, 6) is 0.129. The van der Waals surface area contributed by atoms with Gasteiger partial charge in [-0.2, -0.15) is 0 Å². The predicted octanol–water partition coefficient (Wildman–Crippen LogP) is -0.0346. The van der Waals surface area contributed by atoms with E-state index in [1.807, 2.05) is 0 Å². The van der Waals surface area contributed by atoms with Gasteiger partial charge in [0.05, 0.1) is 13.2 Å². The van der Waals surface area contributed by atoms with E-state index in [1.165, 1.54) is 25.9 Å². The van der Waals surface area contributed by atoms with E-state index in [1.54, 1.807) is 0 Å². The van der Waals surface area contributed by atoms with Crippen LogP contribution in [0.1, 0.15) is 26.2 Å². The fourth-order valence-electron chi connectivity index (χ4n) is 2.62. The Balaban J connectivity index is 1.61. The Kier molecular flexibility index (Phi) is 5.41. The van der Waals surface area contributed by atoms with Gasteiger partial charge in [-0.25, -0.2) is 0 Å².